The van der Waals surface area contributed by atoms with Crippen molar-refractivity contribution in [2.75, 3.05) is 6.54 Å². The third-order valence-electron chi connectivity index (χ3n) is 2.55. The maximum atomic E-state index is 6.14. The first-order valence-corrected chi connectivity index (χ1v) is 6.67. The average Bonchev–Trinajstić information content (AvgIpc) is 2.91. The number of halogens is 1. The monoisotopic (exact) mass is 280 g/mol. The third-order valence-corrected chi connectivity index (χ3v) is 2.82. The van der Waals surface area contributed by atoms with E-state index in [-0.39, 0.29) is 0 Å². The van der Waals surface area contributed by atoms with Crippen LogP contribution in [0.4, 0.5) is 0 Å². The van der Waals surface area contributed by atoms with E-state index in [2.05, 4.69) is 17.2 Å². The van der Waals surface area contributed by atoms with Crippen LogP contribution in [0.25, 0.3) is 0 Å². The molecule has 1 N–H and O–H groups in total. The van der Waals surface area contributed by atoms with Gasteiger partial charge in [-0.2, -0.15) is 0 Å². The Morgan fingerprint density at radius 3 is 3.05 bits per heavy atom. The van der Waals surface area contributed by atoms with Gasteiger partial charge in [0.1, 0.15) is 17.4 Å². The molecule has 0 fully saturated rings. The van der Waals surface area contributed by atoms with E-state index in [1.54, 1.807) is 12.5 Å². The Balaban J connectivity index is 1.91. The van der Waals surface area contributed by atoms with Gasteiger partial charge in [0.05, 0.1) is 6.26 Å². The summed E-state index contributed by atoms with van der Waals surface area (Å²) in [6.07, 6.45) is 4.48. The van der Waals surface area contributed by atoms with Crippen molar-refractivity contribution in [2.45, 2.75) is 26.5 Å². The molecule has 0 bridgehead atoms. The van der Waals surface area contributed by atoms with E-state index in [1.807, 2.05) is 18.2 Å². The van der Waals surface area contributed by atoms with Crippen LogP contribution < -0.4 is 10.1 Å². The highest BCUT2D eigenvalue weighted by molar-refractivity contribution is 6.31. The van der Waals surface area contributed by atoms with Crippen molar-refractivity contribution in [1.82, 2.24) is 10.3 Å². The lowest BCUT2D eigenvalue weighted by atomic mass is 10.3. The van der Waals surface area contributed by atoms with Gasteiger partial charge in [0.15, 0.2) is 0 Å². The van der Waals surface area contributed by atoms with E-state index in [9.17, 15) is 0 Å². The molecule has 2 aromatic heterocycles. The fourth-order valence-electron chi connectivity index (χ4n) is 1.61. The van der Waals surface area contributed by atoms with Gasteiger partial charge in [0.2, 0.25) is 5.88 Å². The van der Waals surface area contributed by atoms with E-state index in [4.69, 9.17) is 20.8 Å². The Hall–Kier alpha value is -1.52. The van der Waals surface area contributed by atoms with E-state index in [0.29, 0.717) is 17.5 Å². The summed E-state index contributed by atoms with van der Waals surface area (Å²) in [6.45, 7) is 4.20. The van der Waals surface area contributed by atoms with Gasteiger partial charge in [0.25, 0.3) is 0 Å². The lowest BCUT2D eigenvalue weighted by Gasteiger charge is -2.08. The summed E-state index contributed by atoms with van der Waals surface area (Å²) in [6, 6.07) is 5.53. The Bertz CT molecular complexity index is 500. The smallest absolute Gasteiger partial charge is 0.233 e. The van der Waals surface area contributed by atoms with Crippen LogP contribution in [0.2, 0.25) is 5.02 Å². The van der Waals surface area contributed by atoms with E-state index in [1.165, 1.54) is 0 Å². The predicted octanol–water partition coefficient (Wildman–Crippen LogP) is 3.41. The summed E-state index contributed by atoms with van der Waals surface area (Å²) in [5.74, 6) is 1.17. The third kappa shape index (κ3) is 4.26. The van der Waals surface area contributed by atoms with Gasteiger partial charge in [-0.3, -0.25) is 0 Å². The average molecular weight is 281 g/mol. The minimum absolute atomic E-state index is 0.327. The first-order valence-electron chi connectivity index (χ1n) is 6.30. The Kier molecular flexibility index (Phi) is 5.24. The van der Waals surface area contributed by atoms with Gasteiger partial charge >= 0.3 is 0 Å². The quantitative estimate of drug-likeness (QED) is 0.790. The second-order valence-corrected chi connectivity index (χ2v) is 4.58. The molecule has 0 spiro atoms. The van der Waals surface area contributed by atoms with Crippen molar-refractivity contribution >= 4 is 11.6 Å². The molecule has 102 valence electrons. The molecule has 0 aliphatic rings. The minimum Gasteiger partial charge on any atom is -0.468 e. The molecule has 4 nitrogen and oxygen atoms in total. The molecule has 19 heavy (non-hydrogen) atoms. The molecular weight excluding hydrogens is 264 g/mol. The summed E-state index contributed by atoms with van der Waals surface area (Å²) in [4.78, 5) is 4.22. The highest BCUT2D eigenvalue weighted by Gasteiger charge is 2.06. The number of aromatic nitrogens is 1. The van der Waals surface area contributed by atoms with Gasteiger partial charge in [-0.15, -0.1) is 0 Å². The first kappa shape index (κ1) is 13.9. The molecule has 0 amide bonds. The molecule has 0 saturated carbocycles. The van der Waals surface area contributed by atoms with Crippen LogP contribution in [0.5, 0.6) is 5.88 Å². The van der Waals surface area contributed by atoms with Crippen molar-refractivity contribution in [3.63, 3.8) is 0 Å². The summed E-state index contributed by atoms with van der Waals surface area (Å²) in [5.41, 5.74) is 1.05. The molecule has 0 aliphatic heterocycles. The van der Waals surface area contributed by atoms with E-state index < -0.39 is 0 Å². The van der Waals surface area contributed by atoms with Crippen LogP contribution >= 0.6 is 11.6 Å². The van der Waals surface area contributed by atoms with Crippen LogP contribution in [-0.4, -0.2) is 11.5 Å². The van der Waals surface area contributed by atoms with E-state index >= 15 is 0 Å². The number of ether oxygens (including phenoxy) is 1. The predicted molar refractivity (Wildman–Crippen MR) is 74.3 cm³/mol. The second kappa shape index (κ2) is 7.16. The molecule has 0 unspecified atom stereocenters. The lowest BCUT2D eigenvalue weighted by molar-refractivity contribution is 0.260. The molecule has 0 atom stereocenters. The zero-order valence-electron chi connectivity index (χ0n) is 10.9. The van der Waals surface area contributed by atoms with Gasteiger partial charge in [-0.1, -0.05) is 18.5 Å². The summed E-state index contributed by atoms with van der Waals surface area (Å²) in [5, 5.41) is 3.81. The number of pyridine rings is 1. The normalized spacial score (nSPS) is 10.6. The van der Waals surface area contributed by atoms with Gasteiger partial charge < -0.3 is 14.5 Å². The zero-order chi connectivity index (χ0) is 13.5. The molecule has 5 heteroatoms. The number of furan rings is 1. The van der Waals surface area contributed by atoms with Crippen LogP contribution in [0.3, 0.4) is 0 Å². The van der Waals surface area contributed by atoms with E-state index in [0.717, 1.165) is 30.8 Å². The fourth-order valence-corrected chi connectivity index (χ4v) is 1.86. The Morgan fingerprint density at radius 1 is 1.47 bits per heavy atom. The van der Waals surface area contributed by atoms with Crippen molar-refractivity contribution < 1.29 is 9.15 Å². The Labute approximate surface area is 117 Å². The molecule has 0 radical (unpaired) electrons. The van der Waals surface area contributed by atoms with Crippen LogP contribution in [-0.2, 0) is 13.2 Å². The minimum atomic E-state index is 0.327. The van der Waals surface area contributed by atoms with Gasteiger partial charge in [0, 0.05) is 12.7 Å². The summed E-state index contributed by atoms with van der Waals surface area (Å²) in [7, 11) is 0. The highest BCUT2D eigenvalue weighted by Crippen LogP contribution is 2.23. The van der Waals surface area contributed by atoms with Crippen molar-refractivity contribution in [3.05, 3.63) is 47.0 Å². The van der Waals surface area contributed by atoms with Crippen molar-refractivity contribution in [3.8, 4) is 5.88 Å². The number of rotatable bonds is 7. The van der Waals surface area contributed by atoms with Crippen LogP contribution in [0.15, 0.2) is 35.1 Å². The molecule has 2 heterocycles. The van der Waals surface area contributed by atoms with Crippen molar-refractivity contribution in [2.24, 2.45) is 0 Å². The molecule has 0 saturated heterocycles. The topological polar surface area (TPSA) is 47.3 Å². The Morgan fingerprint density at radius 2 is 2.37 bits per heavy atom. The molecule has 0 aromatic carbocycles. The van der Waals surface area contributed by atoms with Gasteiger partial charge in [-0.25, -0.2) is 4.98 Å². The summed E-state index contributed by atoms with van der Waals surface area (Å²) >= 11 is 6.14. The van der Waals surface area contributed by atoms with Crippen LogP contribution in [0.1, 0.15) is 24.7 Å². The fraction of sp³-hybridized carbons (Fsp3) is 0.357. The lowest BCUT2D eigenvalue weighted by Crippen LogP contribution is -2.14. The largest absolute Gasteiger partial charge is 0.468 e. The molecule has 0 aliphatic carbocycles. The van der Waals surface area contributed by atoms with Crippen molar-refractivity contribution in [1.29, 1.82) is 0 Å². The first-order chi connectivity index (χ1) is 9.29. The maximum Gasteiger partial charge on any atom is 0.233 e. The zero-order valence-corrected chi connectivity index (χ0v) is 11.6. The molecule has 2 rings (SSSR count). The number of hydrogen-bond donors (Lipinski definition) is 1. The standard InChI is InChI=1S/C14H17ClN2O2/c1-2-5-16-8-11-7-13(15)14(17-9-11)19-10-12-4-3-6-18-12/h3-4,6-7,9,16H,2,5,8,10H2,1H3. The highest BCUT2D eigenvalue weighted by atomic mass is 35.5. The van der Waals surface area contributed by atoms with Crippen LogP contribution in [0, 0.1) is 0 Å². The maximum absolute atomic E-state index is 6.14. The molecular formula is C14H17ClN2O2. The van der Waals surface area contributed by atoms with Gasteiger partial charge in [-0.05, 0) is 36.7 Å². The number of hydrogen-bond acceptors (Lipinski definition) is 4. The second-order valence-electron chi connectivity index (χ2n) is 4.18. The molecule has 2 aromatic rings. The SMILES string of the molecule is CCCNCc1cnc(OCc2ccco2)c(Cl)c1. The number of nitrogens with one attached hydrogen (secondary N) is 1. The summed E-state index contributed by atoms with van der Waals surface area (Å²) < 4.78 is 10.7. The number of nitrogens with zero attached hydrogens (tertiary/aromatic N) is 1.